The molecule has 0 radical (unpaired) electrons. The Balaban J connectivity index is -0.000000130. The molecule has 7 heteroatoms. The van der Waals surface area contributed by atoms with Crippen LogP contribution in [-0.2, 0) is 0 Å². The van der Waals surface area contributed by atoms with Crippen LogP contribution in [0.2, 0.25) is 0 Å². The van der Waals surface area contributed by atoms with Crippen molar-refractivity contribution in [1.82, 2.24) is 34.9 Å². The average Bonchev–Trinajstić information content (AvgIpc) is 3.27. The van der Waals surface area contributed by atoms with Crippen molar-refractivity contribution in [3.05, 3.63) is 139 Å². The van der Waals surface area contributed by atoms with Gasteiger partial charge in [-0.3, -0.25) is 4.98 Å². The first-order valence-corrected chi connectivity index (χ1v) is 21.1. The zero-order valence-electron chi connectivity index (χ0n) is 40.0. The van der Waals surface area contributed by atoms with Crippen molar-refractivity contribution in [3.8, 4) is 0 Å². The van der Waals surface area contributed by atoms with Gasteiger partial charge in [0, 0.05) is 55.0 Å². The highest BCUT2D eigenvalue weighted by molar-refractivity contribution is 5.17. The second kappa shape index (κ2) is 52.7. The van der Waals surface area contributed by atoms with Crippen LogP contribution >= 0.6 is 0 Å². The highest BCUT2D eigenvalue weighted by Crippen LogP contribution is 2.12. The summed E-state index contributed by atoms with van der Waals surface area (Å²) in [6.45, 7) is 43.5. The summed E-state index contributed by atoms with van der Waals surface area (Å²) in [4.78, 5) is 27.6. The van der Waals surface area contributed by atoms with E-state index in [4.69, 9.17) is 0 Å². The maximum Gasteiger partial charge on any atom is 0.130 e. The largest absolute Gasteiger partial charge is 0.265 e. The maximum atomic E-state index is 4.07. The normalized spacial score (nSPS) is 8.54. The van der Waals surface area contributed by atoms with Gasteiger partial charge in [0.2, 0.25) is 0 Å². The fraction of sp³-hybridized carbons (Fsp3) is 0.531. The minimum Gasteiger partial charge on any atom is -0.265 e. The molecule has 0 unspecified atom stereocenters. The van der Waals surface area contributed by atoms with Gasteiger partial charge in [0.15, 0.2) is 0 Å². The Labute approximate surface area is 348 Å². The molecule has 0 fully saturated rings. The number of aromatic nitrogens is 7. The summed E-state index contributed by atoms with van der Waals surface area (Å²) >= 11 is 0. The zero-order chi connectivity index (χ0) is 44.6. The summed E-state index contributed by atoms with van der Waals surface area (Å²) in [7, 11) is 0. The van der Waals surface area contributed by atoms with E-state index in [2.05, 4.69) is 135 Å². The molecule has 4 aromatic heterocycles. The van der Waals surface area contributed by atoms with E-state index in [9.17, 15) is 0 Å². The molecule has 5 rings (SSSR count). The summed E-state index contributed by atoms with van der Waals surface area (Å²) in [5.74, 6) is 3.88. The van der Waals surface area contributed by atoms with Gasteiger partial charge < -0.3 is 0 Å². The molecular weight excluding hydrogens is 687 g/mol. The molecule has 0 aliphatic heterocycles. The third-order valence-electron chi connectivity index (χ3n) is 5.58. The van der Waals surface area contributed by atoms with Crippen molar-refractivity contribution in [2.45, 2.75) is 169 Å². The molecule has 0 bridgehead atoms. The van der Waals surface area contributed by atoms with Crippen LogP contribution in [0.1, 0.15) is 192 Å². The van der Waals surface area contributed by atoms with Crippen LogP contribution in [0.25, 0.3) is 0 Å². The molecule has 7 nitrogen and oxygen atoms in total. The number of nitrogens with zero attached hydrogens (tertiary/aromatic N) is 7. The molecular formula is C49H87N7. The Bertz CT molecular complexity index is 1100. The van der Waals surface area contributed by atoms with Gasteiger partial charge in [0.25, 0.3) is 0 Å². The smallest absolute Gasteiger partial charge is 0.130 e. The SMILES string of the molecule is CC.CC.CC.CC.CC.CC(C)C.CC(C)c1ccccc1.CC(C)c1ccncn1.CC(C)c1cncnc1.CC(C)c1ncccn1.c1ccncc1. The minimum absolute atomic E-state index is 0.436. The lowest BCUT2D eigenvalue weighted by Crippen LogP contribution is -1.93. The minimum atomic E-state index is 0.436. The van der Waals surface area contributed by atoms with E-state index in [1.54, 1.807) is 43.6 Å². The number of benzene rings is 1. The number of hydrogen-bond acceptors (Lipinski definition) is 7. The maximum absolute atomic E-state index is 4.07. The predicted molar refractivity (Wildman–Crippen MR) is 250 cm³/mol. The van der Waals surface area contributed by atoms with Gasteiger partial charge in [0.1, 0.15) is 18.5 Å². The summed E-state index contributed by atoms with van der Waals surface area (Å²) in [6, 6.07) is 20.0. The highest BCUT2D eigenvalue weighted by atomic mass is 14.9. The van der Waals surface area contributed by atoms with E-state index >= 15 is 0 Å². The third-order valence-corrected chi connectivity index (χ3v) is 5.58. The van der Waals surface area contributed by atoms with Crippen LogP contribution in [0.3, 0.4) is 0 Å². The molecule has 4 heterocycles. The van der Waals surface area contributed by atoms with Crippen molar-refractivity contribution >= 4 is 0 Å². The molecule has 0 aliphatic carbocycles. The van der Waals surface area contributed by atoms with Gasteiger partial charge in [-0.05, 0) is 59.1 Å². The molecule has 0 amide bonds. The Morgan fingerprint density at radius 3 is 1.00 bits per heavy atom. The standard InChI is InChI=1S/C9H12.3C7H10N2.C5H5N.C4H10.5C2H6/c1-8(2)9-6-4-3-5-7-9;1-6(2)7-3-8-5-9-4-7;1-6(2)7-3-4-8-5-9-7;1-6(2)7-8-4-3-5-9-7;1-2-4-6-5-3-1;1-4(2)3;5*1-2/h3-8H,1-2H3;3*3-6H,1-2H3;1-5H;4H,1-3H3;5*1-2H3. The van der Waals surface area contributed by atoms with Gasteiger partial charge >= 0.3 is 0 Å². The van der Waals surface area contributed by atoms with Gasteiger partial charge in [-0.25, -0.2) is 29.9 Å². The van der Waals surface area contributed by atoms with Crippen LogP contribution in [0.4, 0.5) is 0 Å². The van der Waals surface area contributed by atoms with Crippen molar-refractivity contribution in [3.63, 3.8) is 0 Å². The lowest BCUT2D eigenvalue weighted by Gasteiger charge is -2.01. The number of pyridine rings is 1. The van der Waals surface area contributed by atoms with Crippen LogP contribution in [-0.4, -0.2) is 34.9 Å². The van der Waals surface area contributed by atoms with Crippen molar-refractivity contribution < 1.29 is 0 Å². The molecule has 0 saturated heterocycles. The molecule has 5 aromatic rings. The van der Waals surface area contributed by atoms with Crippen molar-refractivity contribution in [2.24, 2.45) is 5.92 Å². The molecule has 0 saturated carbocycles. The zero-order valence-corrected chi connectivity index (χ0v) is 40.0. The Morgan fingerprint density at radius 1 is 0.339 bits per heavy atom. The Morgan fingerprint density at radius 2 is 0.768 bits per heavy atom. The molecule has 0 atom stereocenters. The van der Waals surface area contributed by atoms with Crippen LogP contribution in [0.15, 0.2) is 117 Å². The topological polar surface area (TPSA) is 90.2 Å². The number of rotatable bonds is 4. The molecule has 56 heavy (non-hydrogen) atoms. The fourth-order valence-electron chi connectivity index (χ4n) is 3.01. The Kier molecular flexibility index (Phi) is 59.8. The van der Waals surface area contributed by atoms with E-state index in [-0.39, 0.29) is 0 Å². The molecule has 0 spiro atoms. The van der Waals surface area contributed by atoms with E-state index in [1.807, 2.05) is 118 Å². The van der Waals surface area contributed by atoms with Crippen molar-refractivity contribution in [2.75, 3.05) is 0 Å². The van der Waals surface area contributed by atoms with Gasteiger partial charge in [-0.1, -0.05) is 182 Å². The van der Waals surface area contributed by atoms with Crippen molar-refractivity contribution in [1.29, 1.82) is 0 Å². The molecule has 1 aromatic carbocycles. The van der Waals surface area contributed by atoms with Gasteiger partial charge in [-0.2, -0.15) is 0 Å². The highest BCUT2D eigenvalue weighted by Gasteiger charge is 1.98. The monoisotopic (exact) mass is 774 g/mol. The van der Waals surface area contributed by atoms with Gasteiger partial charge in [-0.15, -0.1) is 0 Å². The lowest BCUT2D eigenvalue weighted by atomic mass is 10.0. The number of hydrogen-bond donors (Lipinski definition) is 0. The Hall–Kier alpha value is -4.39. The first-order valence-electron chi connectivity index (χ1n) is 21.1. The third kappa shape index (κ3) is 47.6. The van der Waals surface area contributed by atoms with Gasteiger partial charge in [0.05, 0.1) is 0 Å². The lowest BCUT2D eigenvalue weighted by molar-refractivity contribution is 0.737. The van der Waals surface area contributed by atoms with E-state index in [1.165, 1.54) is 11.1 Å². The summed E-state index contributed by atoms with van der Waals surface area (Å²) in [6.07, 6.45) is 15.6. The summed E-state index contributed by atoms with van der Waals surface area (Å²) < 4.78 is 0. The summed E-state index contributed by atoms with van der Waals surface area (Å²) in [5, 5.41) is 0. The average molecular weight is 774 g/mol. The van der Waals surface area contributed by atoms with Crippen LogP contribution < -0.4 is 0 Å². The predicted octanol–water partition coefficient (Wildman–Crippen LogP) is 15.5. The van der Waals surface area contributed by atoms with E-state index in [0.29, 0.717) is 23.7 Å². The molecule has 318 valence electrons. The first-order chi connectivity index (χ1) is 27.0. The fourth-order valence-corrected chi connectivity index (χ4v) is 3.01. The van der Waals surface area contributed by atoms with Crippen LogP contribution in [0.5, 0.6) is 0 Å². The molecule has 0 aliphatic rings. The first kappa shape index (κ1) is 63.5. The molecule has 0 N–H and O–H groups in total. The quantitative estimate of drug-likeness (QED) is 0.180. The van der Waals surface area contributed by atoms with E-state index in [0.717, 1.165) is 17.4 Å². The second-order valence-corrected chi connectivity index (χ2v) is 12.2. The second-order valence-electron chi connectivity index (χ2n) is 12.2. The summed E-state index contributed by atoms with van der Waals surface area (Å²) in [5.41, 5.74) is 3.71. The van der Waals surface area contributed by atoms with E-state index < -0.39 is 0 Å². The van der Waals surface area contributed by atoms with Crippen LogP contribution in [0, 0.1) is 5.92 Å².